The molecule has 0 unspecified atom stereocenters. The second-order valence-corrected chi connectivity index (χ2v) is 3.21. The Hall–Kier alpha value is -1.36. The molecule has 0 aliphatic heterocycles. The van der Waals surface area contributed by atoms with Crippen molar-refractivity contribution >= 4 is 22.6 Å². The van der Waals surface area contributed by atoms with E-state index in [0.29, 0.717) is 0 Å². The summed E-state index contributed by atoms with van der Waals surface area (Å²) in [6.45, 7) is 1.55. The number of carbonyl (C=O) groups is 1. The van der Waals surface area contributed by atoms with Gasteiger partial charge in [-0.05, 0) is 19.1 Å². The molecule has 1 rings (SSSR count). The van der Waals surface area contributed by atoms with Crippen molar-refractivity contribution in [1.29, 1.82) is 0 Å². The normalized spacial score (nSPS) is 12.6. The van der Waals surface area contributed by atoms with Crippen LogP contribution in [0, 0.1) is 0 Å². The first kappa shape index (κ1) is 12.7. The zero-order valence-corrected chi connectivity index (χ0v) is 9.22. The Morgan fingerprint density at radius 2 is 2.31 bits per heavy atom. The summed E-state index contributed by atoms with van der Waals surface area (Å²) in [7, 11) is 0. The molecule has 0 radical (unpaired) electrons. The van der Waals surface area contributed by atoms with Crippen LogP contribution in [0.15, 0.2) is 23.9 Å². The Balaban J connectivity index is 3.09. The van der Waals surface area contributed by atoms with Crippen LogP contribution >= 0.6 is 11.6 Å². The number of hydrogen-bond acceptors (Lipinski definition) is 2. The van der Waals surface area contributed by atoms with Gasteiger partial charge in [-0.2, -0.15) is 0 Å². The molecule has 1 N–H and O–H groups in total. The van der Waals surface area contributed by atoms with Crippen LogP contribution in [-0.4, -0.2) is 24.0 Å². The minimum absolute atomic E-state index is 0.0178. The molecule has 0 aliphatic carbocycles. The molecule has 0 amide bonds. The van der Waals surface area contributed by atoms with E-state index in [1.165, 1.54) is 19.2 Å². The first-order valence-electron chi connectivity index (χ1n) is 4.56. The first-order chi connectivity index (χ1) is 7.57. The van der Waals surface area contributed by atoms with E-state index in [2.05, 4.69) is 9.72 Å². The lowest BCUT2D eigenvalue weighted by atomic mass is 10.2. The van der Waals surface area contributed by atoms with Crippen LogP contribution < -0.4 is 0 Å². The van der Waals surface area contributed by atoms with Crippen LogP contribution in [0.4, 0.5) is 8.78 Å². The maximum absolute atomic E-state index is 12.7. The fraction of sp³-hybridized carbons (Fsp3) is 0.300. The zero-order valence-electron chi connectivity index (χ0n) is 8.47. The molecular formula is C10H10ClF2NO2. The second kappa shape index (κ2) is 5.65. The Kier molecular flexibility index (Phi) is 4.49. The van der Waals surface area contributed by atoms with Gasteiger partial charge in [0.1, 0.15) is 5.57 Å². The van der Waals surface area contributed by atoms with Gasteiger partial charge >= 0.3 is 5.97 Å². The molecule has 1 aromatic rings. The largest absolute Gasteiger partial charge is 0.462 e. The molecule has 6 heteroatoms. The van der Waals surface area contributed by atoms with Gasteiger partial charge in [-0.1, -0.05) is 11.6 Å². The molecule has 88 valence electrons. The van der Waals surface area contributed by atoms with Gasteiger partial charge in [0.2, 0.25) is 0 Å². The molecule has 0 aromatic carbocycles. The molecule has 0 saturated heterocycles. The van der Waals surface area contributed by atoms with Gasteiger partial charge in [-0.15, -0.1) is 0 Å². The number of alkyl halides is 2. The molecule has 1 heterocycles. The van der Waals surface area contributed by atoms with Crippen molar-refractivity contribution in [2.75, 3.05) is 6.61 Å². The molecule has 0 saturated carbocycles. The number of H-pyrrole nitrogens is 1. The maximum atomic E-state index is 12.7. The van der Waals surface area contributed by atoms with Gasteiger partial charge in [0, 0.05) is 6.20 Å². The highest BCUT2D eigenvalue weighted by molar-refractivity contribution is 6.50. The lowest BCUT2D eigenvalue weighted by Crippen LogP contribution is -2.15. The third-order valence-electron chi connectivity index (χ3n) is 1.78. The van der Waals surface area contributed by atoms with Gasteiger partial charge in [0.15, 0.2) is 0 Å². The van der Waals surface area contributed by atoms with Gasteiger partial charge in [-0.25, -0.2) is 13.6 Å². The monoisotopic (exact) mass is 249 g/mol. The van der Waals surface area contributed by atoms with Crippen molar-refractivity contribution in [1.82, 2.24) is 4.98 Å². The third-order valence-corrected chi connectivity index (χ3v) is 2.19. The molecular weight excluding hydrogens is 240 g/mol. The number of nitrogens with one attached hydrogen (secondary N) is 1. The number of esters is 1. The van der Waals surface area contributed by atoms with Crippen LogP contribution in [0.5, 0.6) is 0 Å². The van der Waals surface area contributed by atoms with E-state index in [1.54, 1.807) is 6.07 Å². The van der Waals surface area contributed by atoms with Crippen LogP contribution in [0.25, 0.3) is 5.03 Å². The molecule has 0 aliphatic rings. The first-order valence-corrected chi connectivity index (χ1v) is 4.94. The van der Waals surface area contributed by atoms with E-state index in [1.807, 2.05) is 0 Å². The number of rotatable bonds is 4. The highest BCUT2D eigenvalue weighted by Gasteiger charge is 2.26. The van der Waals surface area contributed by atoms with E-state index < -0.39 is 18.0 Å². The summed E-state index contributed by atoms with van der Waals surface area (Å²) in [5, 5.41) is -0.321. The Labute approximate surface area is 96.1 Å². The fourth-order valence-electron chi connectivity index (χ4n) is 1.10. The Bertz CT molecular complexity index is 388. The number of carbonyl (C=O) groups excluding carboxylic acids is 1. The second-order valence-electron chi connectivity index (χ2n) is 2.83. The van der Waals surface area contributed by atoms with E-state index in [0.717, 1.165) is 0 Å². The van der Waals surface area contributed by atoms with Crippen molar-refractivity contribution in [3.05, 3.63) is 29.6 Å². The topological polar surface area (TPSA) is 42.1 Å². The highest BCUT2D eigenvalue weighted by atomic mass is 35.5. The summed E-state index contributed by atoms with van der Waals surface area (Å²) in [4.78, 5) is 13.9. The third kappa shape index (κ3) is 2.82. The number of ether oxygens (including phenoxy) is 1. The lowest BCUT2D eigenvalue weighted by molar-refractivity contribution is -0.139. The zero-order chi connectivity index (χ0) is 12.1. The predicted molar refractivity (Wildman–Crippen MR) is 56.2 cm³/mol. The van der Waals surface area contributed by atoms with Crippen molar-refractivity contribution in [2.45, 2.75) is 13.3 Å². The predicted octanol–water partition coefficient (Wildman–Crippen LogP) is 2.79. The van der Waals surface area contributed by atoms with E-state index >= 15 is 0 Å². The summed E-state index contributed by atoms with van der Waals surface area (Å²) >= 11 is 5.71. The molecule has 1 aromatic heterocycles. The summed E-state index contributed by atoms with van der Waals surface area (Å²) in [6, 6.07) is 3.08. The number of aromatic nitrogens is 1. The number of hydrogen-bond donors (Lipinski definition) is 1. The minimum atomic E-state index is -2.98. The molecule has 3 nitrogen and oxygen atoms in total. The van der Waals surface area contributed by atoms with Gasteiger partial charge in [0.25, 0.3) is 6.43 Å². The van der Waals surface area contributed by atoms with Gasteiger partial charge in [-0.3, -0.25) is 0 Å². The van der Waals surface area contributed by atoms with Crippen molar-refractivity contribution in [3.8, 4) is 0 Å². The van der Waals surface area contributed by atoms with E-state index in [9.17, 15) is 13.6 Å². The fourth-order valence-corrected chi connectivity index (χ4v) is 1.37. The molecule has 0 bridgehead atoms. The van der Waals surface area contributed by atoms with Crippen LogP contribution in [0.1, 0.15) is 12.6 Å². The van der Waals surface area contributed by atoms with Crippen molar-refractivity contribution < 1.29 is 18.3 Å². The summed E-state index contributed by atoms with van der Waals surface area (Å²) < 4.78 is 29.8. The average molecular weight is 250 g/mol. The lowest BCUT2D eigenvalue weighted by Gasteiger charge is -2.08. The van der Waals surface area contributed by atoms with E-state index in [-0.39, 0.29) is 17.3 Å². The molecule has 0 spiro atoms. The van der Waals surface area contributed by atoms with Crippen LogP contribution in [-0.2, 0) is 9.53 Å². The summed E-state index contributed by atoms with van der Waals surface area (Å²) in [5.41, 5.74) is -0.573. The van der Waals surface area contributed by atoms with Crippen molar-refractivity contribution in [3.63, 3.8) is 0 Å². The summed E-state index contributed by atoms with van der Waals surface area (Å²) in [6.07, 6.45) is -1.46. The minimum Gasteiger partial charge on any atom is -0.462 e. The molecule has 0 fully saturated rings. The SMILES string of the molecule is CCOC(=O)C(=C(Cl)c1ccc[nH]1)C(F)F. The van der Waals surface area contributed by atoms with Gasteiger partial charge in [0.05, 0.1) is 17.3 Å². The summed E-state index contributed by atoms with van der Waals surface area (Å²) in [5.74, 6) is -1.10. The number of halogens is 3. The Morgan fingerprint density at radius 3 is 2.75 bits per heavy atom. The number of aromatic amines is 1. The van der Waals surface area contributed by atoms with Crippen LogP contribution in [0.3, 0.4) is 0 Å². The Morgan fingerprint density at radius 1 is 1.62 bits per heavy atom. The van der Waals surface area contributed by atoms with E-state index in [4.69, 9.17) is 11.6 Å². The molecule has 0 atom stereocenters. The van der Waals surface area contributed by atoms with Crippen LogP contribution in [0.2, 0.25) is 0 Å². The maximum Gasteiger partial charge on any atom is 0.341 e. The average Bonchev–Trinajstić information content (AvgIpc) is 2.70. The molecule has 16 heavy (non-hydrogen) atoms. The standard InChI is InChI=1S/C10H10ClF2NO2/c1-2-16-10(15)7(9(12)13)8(11)6-4-3-5-14-6/h3-5,9,14H,2H2,1H3. The van der Waals surface area contributed by atoms with Gasteiger partial charge < -0.3 is 9.72 Å². The quantitative estimate of drug-likeness (QED) is 0.659. The van der Waals surface area contributed by atoms with Crippen molar-refractivity contribution in [2.24, 2.45) is 0 Å². The smallest absolute Gasteiger partial charge is 0.341 e. The highest BCUT2D eigenvalue weighted by Crippen LogP contribution is 2.26.